The number of nitrogens with one attached hydrogen (secondary N) is 1. The normalized spacial score (nSPS) is 27.2. The van der Waals surface area contributed by atoms with E-state index in [9.17, 15) is 4.79 Å². The molecule has 1 saturated carbocycles. The molecule has 2 atom stereocenters. The van der Waals surface area contributed by atoms with E-state index in [2.05, 4.69) is 22.0 Å². The first-order chi connectivity index (χ1) is 10.7. The van der Waals surface area contributed by atoms with Gasteiger partial charge < -0.3 is 10.2 Å². The van der Waals surface area contributed by atoms with Gasteiger partial charge in [-0.15, -0.1) is 24.8 Å². The van der Waals surface area contributed by atoms with E-state index in [4.69, 9.17) is 0 Å². The zero-order valence-corrected chi connectivity index (χ0v) is 16.7. The quantitative estimate of drug-likeness (QED) is 0.815. The monoisotopic (exact) mass is 379 g/mol. The van der Waals surface area contributed by atoms with Gasteiger partial charge in [-0.2, -0.15) is 0 Å². The van der Waals surface area contributed by atoms with Crippen LogP contribution in [0.4, 0.5) is 0 Å². The number of piperidine rings is 1. The predicted molar refractivity (Wildman–Crippen MR) is 104 cm³/mol. The maximum atomic E-state index is 12.6. The topological polar surface area (TPSA) is 35.6 Å². The minimum atomic E-state index is 0. The molecule has 3 aliphatic rings. The van der Waals surface area contributed by atoms with Crippen LogP contribution in [-0.2, 0) is 4.79 Å². The standard InChI is InChI=1S/C18H33N3O.2ClH/c1-15(16-5-4-8-19-14-16)13-18(22)21-11-9-20(10-12-21)17-6-2-3-7-17;;/h15-17,19H,2-14H2,1H3;2*1H. The van der Waals surface area contributed by atoms with Gasteiger partial charge >= 0.3 is 0 Å². The Labute approximate surface area is 159 Å². The maximum Gasteiger partial charge on any atom is 0.222 e. The van der Waals surface area contributed by atoms with Crippen molar-refractivity contribution in [1.82, 2.24) is 15.1 Å². The van der Waals surface area contributed by atoms with Crippen LogP contribution in [0.2, 0.25) is 0 Å². The lowest BCUT2D eigenvalue weighted by molar-refractivity contribution is -0.134. The van der Waals surface area contributed by atoms with Crippen LogP contribution < -0.4 is 5.32 Å². The molecule has 0 radical (unpaired) electrons. The first kappa shape index (κ1) is 22.0. The second-order valence-corrected chi connectivity index (χ2v) is 7.64. The highest BCUT2D eigenvalue weighted by molar-refractivity contribution is 5.85. The molecule has 1 aliphatic carbocycles. The molecular formula is C18H35Cl2N3O. The smallest absolute Gasteiger partial charge is 0.222 e. The van der Waals surface area contributed by atoms with E-state index in [0.29, 0.717) is 17.7 Å². The van der Waals surface area contributed by atoms with E-state index in [-0.39, 0.29) is 24.8 Å². The van der Waals surface area contributed by atoms with E-state index >= 15 is 0 Å². The molecule has 2 heterocycles. The highest BCUT2D eigenvalue weighted by atomic mass is 35.5. The van der Waals surface area contributed by atoms with Crippen molar-refractivity contribution < 1.29 is 4.79 Å². The lowest BCUT2D eigenvalue weighted by Gasteiger charge is -2.39. The fourth-order valence-electron chi connectivity index (χ4n) is 4.54. The lowest BCUT2D eigenvalue weighted by Crippen LogP contribution is -2.51. The summed E-state index contributed by atoms with van der Waals surface area (Å²) in [5.41, 5.74) is 0. The molecule has 2 saturated heterocycles. The lowest BCUT2D eigenvalue weighted by atomic mass is 9.85. The van der Waals surface area contributed by atoms with Crippen molar-refractivity contribution in [2.24, 2.45) is 11.8 Å². The molecule has 2 aliphatic heterocycles. The van der Waals surface area contributed by atoms with Crippen molar-refractivity contribution in [2.45, 2.75) is 57.9 Å². The number of piperazine rings is 1. The first-order valence-corrected chi connectivity index (χ1v) is 9.46. The average Bonchev–Trinajstić information content (AvgIpc) is 3.10. The van der Waals surface area contributed by atoms with Crippen molar-refractivity contribution in [3.8, 4) is 0 Å². The average molecular weight is 380 g/mol. The molecule has 1 N–H and O–H groups in total. The van der Waals surface area contributed by atoms with Gasteiger partial charge in [-0.05, 0) is 50.6 Å². The Morgan fingerprint density at radius 2 is 1.71 bits per heavy atom. The van der Waals surface area contributed by atoms with Crippen molar-refractivity contribution >= 4 is 30.7 Å². The van der Waals surface area contributed by atoms with Gasteiger partial charge in [0.15, 0.2) is 0 Å². The molecule has 0 aromatic rings. The molecule has 0 aromatic heterocycles. The van der Waals surface area contributed by atoms with Crippen LogP contribution in [0, 0.1) is 11.8 Å². The minimum absolute atomic E-state index is 0. The Hall–Kier alpha value is -0.0300. The van der Waals surface area contributed by atoms with Crippen molar-refractivity contribution in [3.63, 3.8) is 0 Å². The van der Waals surface area contributed by atoms with E-state index in [1.54, 1.807) is 0 Å². The summed E-state index contributed by atoms with van der Waals surface area (Å²) in [5, 5.41) is 3.47. The summed E-state index contributed by atoms with van der Waals surface area (Å²) in [5.74, 6) is 1.61. The molecular weight excluding hydrogens is 345 g/mol. The first-order valence-electron chi connectivity index (χ1n) is 9.46. The Balaban J connectivity index is 0.00000144. The van der Waals surface area contributed by atoms with E-state index in [0.717, 1.165) is 51.7 Å². The van der Waals surface area contributed by atoms with Gasteiger partial charge in [0, 0.05) is 38.6 Å². The van der Waals surface area contributed by atoms with Crippen LogP contribution in [0.1, 0.15) is 51.9 Å². The summed E-state index contributed by atoms with van der Waals surface area (Å²) in [4.78, 5) is 17.3. The third-order valence-electron chi connectivity index (χ3n) is 6.14. The number of hydrogen-bond acceptors (Lipinski definition) is 3. The molecule has 3 rings (SSSR count). The summed E-state index contributed by atoms with van der Waals surface area (Å²) in [7, 11) is 0. The number of carbonyl (C=O) groups is 1. The second kappa shape index (κ2) is 10.8. The van der Waals surface area contributed by atoms with Gasteiger partial charge in [-0.25, -0.2) is 0 Å². The van der Waals surface area contributed by atoms with Crippen LogP contribution in [-0.4, -0.2) is 61.0 Å². The zero-order chi connectivity index (χ0) is 15.4. The molecule has 6 heteroatoms. The molecule has 24 heavy (non-hydrogen) atoms. The molecule has 3 fully saturated rings. The number of nitrogens with zero attached hydrogens (tertiary/aromatic N) is 2. The van der Waals surface area contributed by atoms with Crippen LogP contribution >= 0.6 is 24.8 Å². The largest absolute Gasteiger partial charge is 0.340 e. The highest BCUT2D eigenvalue weighted by Gasteiger charge is 2.29. The number of hydrogen-bond donors (Lipinski definition) is 1. The van der Waals surface area contributed by atoms with Gasteiger partial charge in [0.2, 0.25) is 5.91 Å². The Morgan fingerprint density at radius 1 is 1.04 bits per heavy atom. The summed E-state index contributed by atoms with van der Waals surface area (Å²) in [6.07, 6.45) is 8.85. The molecule has 0 spiro atoms. The van der Waals surface area contributed by atoms with E-state index in [1.165, 1.54) is 38.5 Å². The van der Waals surface area contributed by atoms with Gasteiger partial charge in [0.05, 0.1) is 0 Å². The number of halogens is 2. The minimum Gasteiger partial charge on any atom is -0.340 e. The fraction of sp³-hybridized carbons (Fsp3) is 0.944. The fourth-order valence-corrected chi connectivity index (χ4v) is 4.54. The summed E-state index contributed by atoms with van der Waals surface area (Å²) >= 11 is 0. The molecule has 142 valence electrons. The zero-order valence-electron chi connectivity index (χ0n) is 15.0. The van der Waals surface area contributed by atoms with Crippen LogP contribution in [0.3, 0.4) is 0 Å². The van der Waals surface area contributed by atoms with Gasteiger partial charge in [-0.3, -0.25) is 9.69 Å². The summed E-state index contributed by atoms with van der Waals surface area (Å²) in [6, 6.07) is 0.810. The third kappa shape index (κ3) is 5.76. The van der Waals surface area contributed by atoms with Crippen LogP contribution in [0.5, 0.6) is 0 Å². The summed E-state index contributed by atoms with van der Waals surface area (Å²) < 4.78 is 0. The van der Waals surface area contributed by atoms with Gasteiger partial charge in [0.1, 0.15) is 0 Å². The molecule has 4 nitrogen and oxygen atoms in total. The van der Waals surface area contributed by atoms with Crippen molar-refractivity contribution in [2.75, 3.05) is 39.3 Å². The predicted octanol–water partition coefficient (Wildman–Crippen LogP) is 2.94. The number of carbonyl (C=O) groups excluding carboxylic acids is 1. The SMILES string of the molecule is CC(CC(=O)N1CCN(C2CCCC2)CC1)C1CCCNC1.Cl.Cl. The number of amides is 1. The van der Waals surface area contributed by atoms with Crippen LogP contribution in [0.15, 0.2) is 0 Å². The van der Waals surface area contributed by atoms with Crippen molar-refractivity contribution in [3.05, 3.63) is 0 Å². The third-order valence-corrected chi connectivity index (χ3v) is 6.14. The molecule has 1 amide bonds. The molecule has 2 unspecified atom stereocenters. The van der Waals surface area contributed by atoms with E-state index < -0.39 is 0 Å². The Kier molecular flexibility index (Phi) is 9.95. The van der Waals surface area contributed by atoms with Crippen molar-refractivity contribution in [1.29, 1.82) is 0 Å². The molecule has 0 bridgehead atoms. The van der Waals surface area contributed by atoms with Gasteiger partial charge in [-0.1, -0.05) is 19.8 Å². The van der Waals surface area contributed by atoms with Gasteiger partial charge in [0.25, 0.3) is 0 Å². The van der Waals surface area contributed by atoms with Crippen LogP contribution in [0.25, 0.3) is 0 Å². The summed E-state index contributed by atoms with van der Waals surface area (Å²) in [6.45, 7) is 8.61. The van der Waals surface area contributed by atoms with E-state index in [1.807, 2.05) is 0 Å². The highest BCUT2D eigenvalue weighted by Crippen LogP contribution is 2.26. The second-order valence-electron chi connectivity index (χ2n) is 7.64. The maximum absolute atomic E-state index is 12.6. The molecule has 0 aromatic carbocycles. The Bertz CT molecular complexity index is 363. The Morgan fingerprint density at radius 3 is 2.29 bits per heavy atom. The number of rotatable bonds is 4.